The van der Waals surface area contributed by atoms with Crippen LogP contribution in [0.25, 0.3) is 0 Å². The summed E-state index contributed by atoms with van der Waals surface area (Å²) in [5.41, 5.74) is 0. The predicted octanol–water partition coefficient (Wildman–Crippen LogP) is 2.65. The molecular weight excluding hydrogens is 288 g/mol. The summed E-state index contributed by atoms with van der Waals surface area (Å²) in [4.78, 5) is 25.4. The van der Waals surface area contributed by atoms with Gasteiger partial charge in [-0.3, -0.25) is 4.79 Å². The van der Waals surface area contributed by atoms with E-state index in [1.807, 2.05) is 13.8 Å². The van der Waals surface area contributed by atoms with Gasteiger partial charge >= 0.3 is 6.09 Å². The van der Waals surface area contributed by atoms with Gasteiger partial charge in [0.2, 0.25) is 5.91 Å². The molecule has 0 aromatic heterocycles. The van der Waals surface area contributed by atoms with Gasteiger partial charge in [0.15, 0.2) is 0 Å². The SMILES string of the molecule is CCCCSC(C)C(=O)NC1CCN(C(=O)OCC)CC1. The quantitative estimate of drug-likeness (QED) is 0.734. The summed E-state index contributed by atoms with van der Waals surface area (Å²) in [6, 6.07) is 0.178. The van der Waals surface area contributed by atoms with Crippen LogP contribution in [0.15, 0.2) is 0 Å². The minimum absolute atomic E-state index is 0.000337. The number of carbonyl (C=O) groups is 2. The van der Waals surface area contributed by atoms with Crippen LogP contribution in [0.1, 0.15) is 46.5 Å². The third-order valence-corrected chi connectivity index (χ3v) is 4.84. The zero-order valence-electron chi connectivity index (χ0n) is 13.4. The van der Waals surface area contributed by atoms with Crippen LogP contribution in [0.4, 0.5) is 4.79 Å². The van der Waals surface area contributed by atoms with E-state index in [-0.39, 0.29) is 23.3 Å². The van der Waals surface area contributed by atoms with Crippen molar-refractivity contribution in [2.45, 2.75) is 57.7 Å². The normalized spacial score (nSPS) is 17.4. The molecule has 1 rings (SSSR count). The molecule has 0 aromatic carbocycles. The first-order valence-electron chi connectivity index (χ1n) is 7.92. The standard InChI is InChI=1S/C15H28N2O3S/c1-4-6-11-21-12(3)14(18)16-13-7-9-17(10-8-13)15(19)20-5-2/h12-13H,4-11H2,1-3H3,(H,16,18). The number of hydrogen-bond donors (Lipinski definition) is 1. The lowest BCUT2D eigenvalue weighted by Gasteiger charge is -2.32. The molecule has 0 aromatic rings. The second-order valence-corrected chi connectivity index (χ2v) is 6.78. The average Bonchev–Trinajstić information content (AvgIpc) is 2.48. The number of thioether (sulfide) groups is 1. The van der Waals surface area contributed by atoms with E-state index >= 15 is 0 Å². The Balaban J connectivity index is 2.25. The number of rotatable bonds is 7. The summed E-state index contributed by atoms with van der Waals surface area (Å²) < 4.78 is 4.99. The topological polar surface area (TPSA) is 58.6 Å². The van der Waals surface area contributed by atoms with Crippen molar-refractivity contribution in [1.29, 1.82) is 0 Å². The lowest BCUT2D eigenvalue weighted by Crippen LogP contribution is -2.48. The van der Waals surface area contributed by atoms with Crippen molar-refractivity contribution in [3.63, 3.8) is 0 Å². The Kier molecular flexibility index (Phi) is 8.57. The first kappa shape index (κ1) is 18.1. The number of unbranched alkanes of at least 4 members (excludes halogenated alkanes) is 1. The average molecular weight is 316 g/mol. The highest BCUT2D eigenvalue weighted by molar-refractivity contribution is 8.00. The smallest absolute Gasteiger partial charge is 0.409 e. The molecule has 6 heteroatoms. The molecule has 21 heavy (non-hydrogen) atoms. The number of piperidine rings is 1. The van der Waals surface area contributed by atoms with Crippen molar-refractivity contribution >= 4 is 23.8 Å². The van der Waals surface area contributed by atoms with Gasteiger partial charge in [0.1, 0.15) is 0 Å². The van der Waals surface area contributed by atoms with Crippen LogP contribution >= 0.6 is 11.8 Å². The molecule has 1 N–H and O–H groups in total. The Morgan fingerprint density at radius 2 is 2.00 bits per heavy atom. The van der Waals surface area contributed by atoms with Crippen LogP contribution in [0.5, 0.6) is 0 Å². The molecule has 0 saturated carbocycles. The van der Waals surface area contributed by atoms with Crippen molar-refractivity contribution in [3.05, 3.63) is 0 Å². The van der Waals surface area contributed by atoms with Gasteiger partial charge in [0.05, 0.1) is 11.9 Å². The Hall–Kier alpha value is -0.910. The van der Waals surface area contributed by atoms with E-state index in [1.165, 1.54) is 0 Å². The lowest BCUT2D eigenvalue weighted by atomic mass is 10.1. The summed E-state index contributed by atoms with van der Waals surface area (Å²) in [5, 5.41) is 3.10. The zero-order chi connectivity index (χ0) is 15.7. The lowest BCUT2D eigenvalue weighted by molar-refractivity contribution is -0.121. The Bertz CT molecular complexity index is 331. The number of carbonyl (C=O) groups excluding carboxylic acids is 2. The summed E-state index contributed by atoms with van der Waals surface area (Å²) in [7, 11) is 0. The minimum Gasteiger partial charge on any atom is -0.450 e. The molecule has 122 valence electrons. The first-order chi connectivity index (χ1) is 10.1. The fourth-order valence-electron chi connectivity index (χ4n) is 2.22. The van der Waals surface area contributed by atoms with E-state index in [0.717, 1.165) is 31.4 Å². The third-order valence-electron chi connectivity index (χ3n) is 3.60. The van der Waals surface area contributed by atoms with Gasteiger partial charge in [-0.1, -0.05) is 13.3 Å². The Labute approximate surface area is 132 Å². The Morgan fingerprint density at radius 3 is 2.57 bits per heavy atom. The van der Waals surface area contributed by atoms with E-state index in [4.69, 9.17) is 4.74 Å². The molecule has 1 fully saturated rings. The fourth-order valence-corrected chi connectivity index (χ4v) is 3.25. The van der Waals surface area contributed by atoms with Crippen LogP contribution in [0, 0.1) is 0 Å². The van der Waals surface area contributed by atoms with E-state index in [9.17, 15) is 9.59 Å². The van der Waals surface area contributed by atoms with Crippen LogP contribution in [-0.4, -0.2) is 53.6 Å². The van der Waals surface area contributed by atoms with Crippen LogP contribution in [0.3, 0.4) is 0 Å². The highest BCUT2D eigenvalue weighted by Crippen LogP contribution is 2.15. The monoisotopic (exact) mass is 316 g/mol. The number of hydrogen-bond acceptors (Lipinski definition) is 4. The maximum atomic E-state index is 12.1. The van der Waals surface area contributed by atoms with Gasteiger partial charge < -0.3 is 15.0 Å². The summed E-state index contributed by atoms with van der Waals surface area (Å²) >= 11 is 1.71. The largest absolute Gasteiger partial charge is 0.450 e. The van der Waals surface area contributed by atoms with Gasteiger partial charge in [-0.15, -0.1) is 11.8 Å². The molecule has 2 amide bonds. The number of ether oxygens (including phenoxy) is 1. The maximum Gasteiger partial charge on any atom is 0.409 e. The number of likely N-dealkylation sites (tertiary alicyclic amines) is 1. The molecule has 0 spiro atoms. The number of amides is 2. The second kappa shape index (κ2) is 9.92. The van der Waals surface area contributed by atoms with Crippen molar-refractivity contribution in [3.8, 4) is 0 Å². The zero-order valence-corrected chi connectivity index (χ0v) is 14.2. The molecule has 1 aliphatic rings. The molecule has 1 unspecified atom stereocenters. The van der Waals surface area contributed by atoms with Crippen molar-refractivity contribution < 1.29 is 14.3 Å². The molecule has 1 saturated heterocycles. The first-order valence-corrected chi connectivity index (χ1v) is 8.97. The van der Waals surface area contributed by atoms with Gasteiger partial charge in [-0.05, 0) is 38.9 Å². The summed E-state index contributed by atoms with van der Waals surface area (Å²) in [6.07, 6.45) is 3.67. The molecule has 1 atom stereocenters. The number of nitrogens with zero attached hydrogens (tertiary/aromatic N) is 1. The van der Waals surface area contributed by atoms with Crippen molar-refractivity contribution in [1.82, 2.24) is 10.2 Å². The third kappa shape index (κ3) is 6.59. The fraction of sp³-hybridized carbons (Fsp3) is 0.867. The summed E-state index contributed by atoms with van der Waals surface area (Å²) in [6.45, 7) is 7.64. The Morgan fingerprint density at radius 1 is 1.33 bits per heavy atom. The number of nitrogens with one attached hydrogen (secondary N) is 1. The molecular formula is C15H28N2O3S. The molecule has 1 heterocycles. The molecule has 0 aliphatic carbocycles. The highest BCUT2D eigenvalue weighted by atomic mass is 32.2. The van der Waals surface area contributed by atoms with E-state index < -0.39 is 0 Å². The van der Waals surface area contributed by atoms with Gasteiger partial charge in [-0.25, -0.2) is 4.79 Å². The van der Waals surface area contributed by atoms with Gasteiger partial charge in [0.25, 0.3) is 0 Å². The van der Waals surface area contributed by atoms with Crippen LogP contribution in [0.2, 0.25) is 0 Å². The van der Waals surface area contributed by atoms with Crippen LogP contribution in [-0.2, 0) is 9.53 Å². The van der Waals surface area contributed by atoms with Crippen molar-refractivity contribution in [2.24, 2.45) is 0 Å². The maximum absolute atomic E-state index is 12.1. The highest BCUT2D eigenvalue weighted by Gasteiger charge is 2.25. The minimum atomic E-state index is -0.245. The second-order valence-electron chi connectivity index (χ2n) is 5.34. The van der Waals surface area contributed by atoms with Gasteiger partial charge in [0, 0.05) is 19.1 Å². The molecule has 0 bridgehead atoms. The van der Waals surface area contributed by atoms with E-state index in [2.05, 4.69) is 12.2 Å². The van der Waals surface area contributed by atoms with Crippen LogP contribution < -0.4 is 5.32 Å². The summed E-state index contributed by atoms with van der Waals surface area (Å²) in [5.74, 6) is 1.15. The molecule has 5 nitrogen and oxygen atoms in total. The molecule has 1 aliphatic heterocycles. The molecule has 0 radical (unpaired) electrons. The predicted molar refractivity (Wildman–Crippen MR) is 86.6 cm³/mol. The van der Waals surface area contributed by atoms with Gasteiger partial charge in [-0.2, -0.15) is 0 Å². The van der Waals surface area contributed by atoms with E-state index in [1.54, 1.807) is 16.7 Å². The van der Waals surface area contributed by atoms with Crippen molar-refractivity contribution in [2.75, 3.05) is 25.4 Å². The van der Waals surface area contributed by atoms with E-state index in [0.29, 0.717) is 19.7 Å².